The van der Waals surface area contributed by atoms with Crippen LogP contribution in [0.3, 0.4) is 0 Å². The van der Waals surface area contributed by atoms with Crippen LogP contribution in [-0.4, -0.2) is 40.0 Å². The second kappa shape index (κ2) is 12.9. The van der Waals surface area contributed by atoms with Crippen molar-refractivity contribution in [1.82, 2.24) is 20.3 Å². The first-order valence-electron chi connectivity index (χ1n) is 10.0. The molecule has 0 spiro atoms. The van der Waals surface area contributed by atoms with Crippen LogP contribution in [-0.2, 0) is 4.79 Å². The van der Waals surface area contributed by atoms with Gasteiger partial charge in [-0.2, -0.15) is 4.98 Å². The van der Waals surface area contributed by atoms with Crippen LogP contribution in [0.25, 0.3) is 11.0 Å². The molecule has 0 bridgehead atoms. The van der Waals surface area contributed by atoms with Gasteiger partial charge in [-0.25, -0.2) is 9.97 Å². The maximum absolute atomic E-state index is 11.1. The van der Waals surface area contributed by atoms with Crippen molar-refractivity contribution >= 4 is 40.3 Å². The fourth-order valence-electron chi connectivity index (χ4n) is 2.08. The van der Waals surface area contributed by atoms with Gasteiger partial charge in [-0.3, -0.25) is 4.79 Å². The first-order valence-corrected chi connectivity index (χ1v) is 10.4. The summed E-state index contributed by atoms with van der Waals surface area (Å²) in [6, 6.07) is 1.72. The SMILES string of the molecule is C=C(CC)CNc1nc(NC(C)CNC(C)=O)c2ncc(Cl)cc2n1.CCCC. The Morgan fingerprint density at radius 1 is 1.24 bits per heavy atom. The number of carbonyl (C=O) groups excluding carboxylic acids is 1. The maximum Gasteiger partial charge on any atom is 0.225 e. The fourth-order valence-corrected chi connectivity index (χ4v) is 2.24. The molecule has 0 saturated carbocycles. The third-order valence-corrected chi connectivity index (χ3v) is 4.25. The van der Waals surface area contributed by atoms with Crippen LogP contribution in [0.4, 0.5) is 11.8 Å². The van der Waals surface area contributed by atoms with E-state index in [0.717, 1.165) is 12.0 Å². The van der Waals surface area contributed by atoms with E-state index in [1.165, 1.54) is 19.8 Å². The van der Waals surface area contributed by atoms with Crippen molar-refractivity contribution in [2.75, 3.05) is 23.7 Å². The number of nitrogens with zero attached hydrogens (tertiary/aromatic N) is 3. The van der Waals surface area contributed by atoms with E-state index in [-0.39, 0.29) is 11.9 Å². The minimum atomic E-state index is -0.0773. The van der Waals surface area contributed by atoms with E-state index in [1.807, 2.05) is 13.8 Å². The molecule has 7 nitrogen and oxygen atoms in total. The number of pyridine rings is 1. The Hall–Kier alpha value is -2.41. The Morgan fingerprint density at radius 3 is 2.52 bits per heavy atom. The minimum absolute atomic E-state index is 0.0297. The Morgan fingerprint density at radius 2 is 1.93 bits per heavy atom. The molecule has 0 saturated heterocycles. The molecule has 0 aliphatic heterocycles. The lowest BCUT2D eigenvalue weighted by molar-refractivity contribution is -0.118. The van der Waals surface area contributed by atoms with Gasteiger partial charge in [-0.05, 0) is 19.4 Å². The monoisotopic (exact) mass is 420 g/mol. The highest BCUT2D eigenvalue weighted by atomic mass is 35.5. The van der Waals surface area contributed by atoms with E-state index < -0.39 is 0 Å². The summed E-state index contributed by atoms with van der Waals surface area (Å²) in [5.41, 5.74) is 2.32. The van der Waals surface area contributed by atoms with Crippen LogP contribution < -0.4 is 16.0 Å². The Bertz CT molecular complexity index is 809. The van der Waals surface area contributed by atoms with Crippen LogP contribution in [0.5, 0.6) is 0 Å². The molecule has 2 aromatic rings. The Kier molecular flexibility index (Phi) is 11.0. The summed E-state index contributed by atoms with van der Waals surface area (Å²) < 4.78 is 0. The minimum Gasteiger partial charge on any atom is -0.364 e. The van der Waals surface area contributed by atoms with E-state index in [1.54, 1.807) is 12.3 Å². The summed E-state index contributed by atoms with van der Waals surface area (Å²) in [7, 11) is 0. The zero-order chi connectivity index (χ0) is 21.8. The van der Waals surface area contributed by atoms with Crippen LogP contribution >= 0.6 is 11.6 Å². The molecular formula is C21H33ClN6O. The Labute approximate surface area is 178 Å². The molecule has 0 aromatic carbocycles. The van der Waals surface area contributed by atoms with E-state index in [0.29, 0.717) is 40.9 Å². The number of anilines is 2. The number of amides is 1. The molecule has 160 valence electrons. The lowest BCUT2D eigenvalue weighted by Crippen LogP contribution is -2.33. The molecule has 8 heteroatoms. The summed E-state index contributed by atoms with van der Waals surface area (Å²) >= 11 is 6.04. The summed E-state index contributed by atoms with van der Waals surface area (Å²) in [6.07, 6.45) is 5.08. The molecule has 0 aliphatic carbocycles. The van der Waals surface area contributed by atoms with Gasteiger partial charge in [0.15, 0.2) is 5.82 Å². The highest BCUT2D eigenvalue weighted by Crippen LogP contribution is 2.23. The largest absolute Gasteiger partial charge is 0.364 e. The van der Waals surface area contributed by atoms with Crippen molar-refractivity contribution in [2.45, 2.75) is 59.9 Å². The van der Waals surface area contributed by atoms with Gasteiger partial charge in [0.2, 0.25) is 11.9 Å². The number of carbonyl (C=O) groups is 1. The molecular weight excluding hydrogens is 388 g/mol. The molecule has 1 amide bonds. The maximum atomic E-state index is 11.1. The molecule has 2 rings (SSSR count). The van der Waals surface area contributed by atoms with Gasteiger partial charge in [0.25, 0.3) is 0 Å². The first-order chi connectivity index (χ1) is 13.8. The number of unbranched alkanes of at least 4 members (excludes halogenated alkanes) is 1. The van der Waals surface area contributed by atoms with Gasteiger partial charge in [0.1, 0.15) is 5.52 Å². The zero-order valence-electron chi connectivity index (χ0n) is 18.1. The molecule has 0 radical (unpaired) electrons. The Balaban J connectivity index is 0.000000960. The van der Waals surface area contributed by atoms with E-state index in [2.05, 4.69) is 51.3 Å². The second-order valence-corrected chi connectivity index (χ2v) is 7.29. The van der Waals surface area contributed by atoms with E-state index in [9.17, 15) is 4.79 Å². The number of hydrogen-bond donors (Lipinski definition) is 3. The molecule has 0 aliphatic rings. The standard InChI is InChI=1S/C17H23ClN6O.C4H10/c1-5-10(2)7-21-17-23-14-6-13(18)9-20-15(14)16(24-17)22-11(3)8-19-12(4)25;1-3-4-2/h6,9,11H,2,5,7-8H2,1,3-4H3,(H,19,25)(H2,21,22,23,24);3-4H2,1-2H3. The van der Waals surface area contributed by atoms with Gasteiger partial charge in [-0.15, -0.1) is 0 Å². The highest BCUT2D eigenvalue weighted by Gasteiger charge is 2.12. The van der Waals surface area contributed by atoms with Gasteiger partial charge in [0.05, 0.1) is 10.5 Å². The van der Waals surface area contributed by atoms with Gasteiger partial charge < -0.3 is 16.0 Å². The van der Waals surface area contributed by atoms with Crippen molar-refractivity contribution in [3.63, 3.8) is 0 Å². The zero-order valence-corrected chi connectivity index (χ0v) is 18.9. The molecule has 2 aromatic heterocycles. The topological polar surface area (TPSA) is 91.8 Å². The van der Waals surface area contributed by atoms with Crippen LogP contribution in [0.2, 0.25) is 5.02 Å². The van der Waals surface area contributed by atoms with Crippen molar-refractivity contribution in [3.05, 3.63) is 29.4 Å². The average Bonchev–Trinajstić information content (AvgIpc) is 2.70. The van der Waals surface area contributed by atoms with Crippen molar-refractivity contribution in [3.8, 4) is 0 Å². The number of rotatable bonds is 9. The molecule has 1 atom stereocenters. The summed E-state index contributed by atoms with van der Waals surface area (Å²) in [5, 5.41) is 9.71. The smallest absolute Gasteiger partial charge is 0.225 e. The van der Waals surface area contributed by atoms with E-state index in [4.69, 9.17) is 11.6 Å². The van der Waals surface area contributed by atoms with Gasteiger partial charge in [0, 0.05) is 32.3 Å². The predicted molar refractivity (Wildman–Crippen MR) is 123 cm³/mol. The number of aromatic nitrogens is 3. The lowest BCUT2D eigenvalue weighted by Gasteiger charge is -2.17. The van der Waals surface area contributed by atoms with Gasteiger partial charge >= 0.3 is 0 Å². The summed E-state index contributed by atoms with van der Waals surface area (Å²) in [5.74, 6) is 0.982. The predicted octanol–water partition coefficient (Wildman–Crippen LogP) is 4.80. The molecule has 1 unspecified atom stereocenters. The summed E-state index contributed by atoms with van der Waals surface area (Å²) in [6.45, 7) is 14.9. The van der Waals surface area contributed by atoms with Crippen LogP contribution in [0, 0.1) is 0 Å². The number of halogens is 1. The lowest BCUT2D eigenvalue weighted by atomic mass is 10.2. The number of fused-ring (bicyclic) bond motifs is 1. The fraction of sp³-hybridized carbons (Fsp3) is 0.524. The molecule has 0 fully saturated rings. The number of hydrogen-bond acceptors (Lipinski definition) is 6. The summed E-state index contributed by atoms with van der Waals surface area (Å²) in [4.78, 5) is 24.4. The second-order valence-electron chi connectivity index (χ2n) is 6.86. The quantitative estimate of drug-likeness (QED) is 0.504. The first kappa shape index (κ1) is 24.6. The van der Waals surface area contributed by atoms with Crippen molar-refractivity contribution in [2.24, 2.45) is 0 Å². The highest BCUT2D eigenvalue weighted by molar-refractivity contribution is 6.31. The third-order valence-electron chi connectivity index (χ3n) is 4.04. The van der Waals surface area contributed by atoms with Crippen molar-refractivity contribution in [1.29, 1.82) is 0 Å². The van der Waals surface area contributed by atoms with Crippen LogP contribution in [0.1, 0.15) is 53.9 Å². The normalized spacial score (nSPS) is 11.2. The average molecular weight is 421 g/mol. The van der Waals surface area contributed by atoms with Crippen LogP contribution in [0.15, 0.2) is 24.4 Å². The molecule has 2 heterocycles. The van der Waals surface area contributed by atoms with Crippen molar-refractivity contribution < 1.29 is 4.79 Å². The number of nitrogens with one attached hydrogen (secondary N) is 3. The van der Waals surface area contributed by atoms with Gasteiger partial charge in [-0.1, -0.05) is 57.4 Å². The molecule has 3 N–H and O–H groups in total. The third kappa shape index (κ3) is 9.09. The molecule has 29 heavy (non-hydrogen) atoms. The van der Waals surface area contributed by atoms with E-state index >= 15 is 0 Å².